The minimum absolute atomic E-state index is 0.744. The van der Waals surface area contributed by atoms with Crippen molar-refractivity contribution in [2.45, 2.75) is 32.6 Å². The third-order valence-corrected chi connectivity index (χ3v) is 0.926. The Hall–Kier alpha value is -0.460. The molecule has 0 saturated heterocycles. The van der Waals surface area contributed by atoms with Crippen LogP contribution in [0.4, 0.5) is 0 Å². The summed E-state index contributed by atoms with van der Waals surface area (Å²) in [5.74, 6) is 0. The first-order valence-corrected chi connectivity index (χ1v) is 4.95. The zero-order valence-corrected chi connectivity index (χ0v) is 7.75. The largest absolute Gasteiger partial charge is 0.394 e. The van der Waals surface area contributed by atoms with Gasteiger partial charge in [-0.25, -0.2) is 0 Å². The van der Waals surface area contributed by atoms with Crippen molar-refractivity contribution in [3.8, 4) is 0 Å². The number of rotatable bonds is 4. The van der Waals surface area contributed by atoms with E-state index >= 15 is 0 Å². The predicted octanol–water partition coefficient (Wildman–Crippen LogP) is 1.11. The van der Waals surface area contributed by atoms with Gasteiger partial charge in [0.25, 0.3) is 0 Å². The molecule has 12 heavy (non-hydrogen) atoms. The van der Waals surface area contributed by atoms with E-state index in [1.165, 1.54) is 12.8 Å². The maximum Gasteiger partial charge on any atom is 0.394 e. The fourth-order valence-electron chi connectivity index (χ4n) is 0.478. The van der Waals surface area contributed by atoms with Crippen LogP contribution >= 0.6 is 0 Å². The van der Waals surface area contributed by atoms with Crippen LogP contribution in [0.3, 0.4) is 0 Å². The first kappa shape index (κ1) is 14.1. The molecule has 0 rings (SSSR count). The summed E-state index contributed by atoms with van der Waals surface area (Å²) in [5, 5.41) is 0. The Bertz CT molecular complexity index is 176. The van der Waals surface area contributed by atoms with Gasteiger partial charge in [-0.1, -0.05) is 19.8 Å². The van der Waals surface area contributed by atoms with Gasteiger partial charge in [0.15, 0.2) is 0 Å². The second kappa shape index (κ2) is 8.63. The third kappa shape index (κ3) is 55.5. The number of hydrogen-bond acceptors (Lipinski definition) is 3. The highest BCUT2D eigenvalue weighted by molar-refractivity contribution is 7.79. The van der Waals surface area contributed by atoms with E-state index in [1.54, 1.807) is 0 Å². The summed E-state index contributed by atoms with van der Waals surface area (Å²) in [5.41, 5.74) is 0. The van der Waals surface area contributed by atoms with Crippen molar-refractivity contribution >= 4 is 16.7 Å². The molecule has 74 valence electrons. The van der Waals surface area contributed by atoms with E-state index in [1.807, 2.05) is 0 Å². The Balaban J connectivity index is 0. The molecule has 0 unspecified atom stereocenters. The molecule has 0 aromatic heterocycles. The quantitative estimate of drug-likeness (QED) is 0.401. The first-order chi connectivity index (χ1) is 5.41. The molecule has 0 atom stereocenters. The average Bonchev–Trinajstić information content (AvgIpc) is 1.85. The van der Waals surface area contributed by atoms with Crippen LogP contribution in [0.5, 0.6) is 0 Å². The Labute approximate surface area is 72.4 Å². The van der Waals surface area contributed by atoms with Gasteiger partial charge >= 0.3 is 10.4 Å². The zero-order valence-electron chi connectivity index (χ0n) is 6.93. The van der Waals surface area contributed by atoms with Crippen LogP contribution in [-0.2, 0) is 15.2 Å². The van der Waals surface area contributed by atoms with Crippen molar-refractivity contribution in [1.29, 1.82) is 0 Å². The van der Waals surface area contributed by atoms with Gasteiger partial charge < -0.3 is 4.79 Å². The van der Waals surface area contributed by atoms with E-state index < -0.39 is 10.4 Å². The molecule has 0 saturated carbocycles. The molecule has 0 aliphatic heterocycles. The van der Waals surface area contributed by atoms with Crippen molar-refractivity contribution in [3.63, 3.8) is 0 Å². The molecule has 0 bridgehead atoms. The second-order valence-electron chi connectivity index (χ2n) is 2.11. The van der Waals surface area contributed by atoms with Gasteiger partial charge in [-0.2, -0.15) is 8.42 Å². The maximum atomic E-state index is 9.68. The lowest BCUT2D eigenvalue weighted by atomic mass is 10.2. The predicted molar refractivity (Wildman–Crippen MR) is 44.4 cm³/mol. The molecule has 0 heterocycles. The van der Waals surface area contributed by atoms with E-state index in [9.17, 15) is 4.79 Å². The van der Waals surface area contributed by atoms with E-state index in [0.717, 1.165) is 19.1 Å². The zero-order chi connectivity index (χ0) is 10.0. The smallest absolute Gasteiger partial charge is 0.303 e. The van der Waals surface area contributed by atoms with E-state index in [4.69, 9.17) is 17.5 Å². The van der Waals surface area contributed by atoms with Crippen LogP contribution in [0.25, 0.3) is 0 Å². The lowest BCUT2D eigenvalue weighted by Crippen LogP contribution is -1.89. The van der Waals surface area contributed by atoms with Gasteiger partial charge in [-0.05, 0) is 6.42 Å². The molecule has 0 aliphatic carbocycles. The monoisotopic (exact) mass is 198 g/mol. The minimum Gasteiger partial charge on any atom is -0.303 e. The Kier molecular flexibility index (Phi) is 10.1. The molecular formula is C6H14O5S. The molecular weight excluding hydrogens is 184 g/mol. The molecule has 0 radical (unpaired) electrons. The normalized spacial score (nSPS) is 9.92. The van der Waals surface area contributed by atoms with E-state index in [2.05, 4.69) is 6.92 Å². The van der Waals surface area contributed by atoms with Crippen molar-refractivity contribution in [2.24, 2.45) is 0 Å². The first-order valence-electron chi connectivity index (χ1n) is 3.55. The molecule has 6 heteroatoms. The third-order valence-electron chi connectivity index (χ3n) is 0.926. The summed E-state index contributed by atoms with van der Waals surface area (Å²) in [6, 6.07) is 0. The van der Waals surface area contributed by atoms with Gasteiger partial charge in [0.05, 0.1) is 0 Å². The summed E-state index contributed by atoms with van der Waals surface area (Å²) in [6.45, 7) is 2.13. The van der Waals surface area contributed by atoms with Crippen LogP contribution in [-0.4, -0.2) is 23.8 Å². The van der Waals surface area contributed by atoms with Gasteiger partial charge in [-0.3, -0.25) is 9.11 Å². The fourth-order valence-corrected chi connectivity index (χ4v) is 0.478. The Morgan fingerprint density at radius 2 is 1.67 bits per heavy atom. The van der Waals surface area contributed by atoms with E-state index in [-0.39, 0.29) is 0 Å². The molecule has 5 nitrogen and oxygen atoms in total. The van der Waals surface area contributed by atoms with Crippen molar-refractivity contribution in [3.05, 3.63) is 0 Å². The standard InChI is InChI=1S/C6H12O.H2O4S/c1-2-3-4-5-6-7;1-5(2,3)4/h6H,2-5H2,1H3;(H2,1,2,3,4). The number of carbonyl (C=O) groups is 1. The van der Waals surface area contributed by atoms with Gasteiger partial charge in [0.1, 0.15) is 6.29 Å². The van der Waals surface area contributed by atoms with Crippen LogP contribution in [0.15, 0.2) is 0 Å². The van der Waals surface area contributed by atoms with Crippen LogP contribution in [0.2, 0.25) is 0 Å². The molecule has 0 aromatic carbocycles. The number of carbonyl (C=O) groups excluding carboxylic acids is 1. The Morgan fingerprint density at radius 3 is 1.92 bits per heavy atom. The topological polar surface area (TPSA) is 91.7 Å². The molecule has 2 N–H and O–H groups in total. The van der Waals surface area contributed by atoms with Crippen LogP contribution in [0.1, 0.15) is 32.6 Å². The number of unbranched alkanes of at least 4 members (excludes halogenated alkanes) is 3. The minimum atomic E-state index is -4.67. The molecule has 0 spiro atoms. The molecule has 0 amide bonds. The van der Waals surface area contributed by atoms with Crippen molar-refractivity contribution < 1.29 is 22.3 Å². The Morgan fingerprint density at radius 1 is 1.25 bits per heavy atom. The number of hydrogen-bond donors (Lipinski definition) is 2. The fraction of sp³-hybridized carbons (Fsp3) is 0.833. The summed E-state index contributed by atoms with van der Waals surface area (Å²) in [7, 11) is -4.67. The van der Waals surface area contributed by atoms with Crippen molar-refractivity contribution in [1.82, 2.24) is 0 Å². The summed E-state index contributed by atoms with van der Waals surface area (Å²) >= 11 is 0. The highest BCUT2D eigenvalue weighted by Gasteiger charge is 1.84. The van der Waals surface area contributed by atoms with Crippen LogP contribution < -0.4 is 0 Å². The van der Waals surface area contributed by atoms with Gasteiger partial charge in [0.2, 0.25) is 0 Å². The molecule has 0 aliphatic rings. The molecule has 0 aromatic rings. The average molecular weight is 198 g/mol. The lowest BCUT2D eigenvalue weighted by Gasteiger charge is -1.85. The van der Waals surface area contributed by atoms with Gasteiger partial charge in [-0.15, -0.1) is 0 Å². The SMILES string of the molecule is CCCCCC=O.O=S(=O)(O)O. The highest BCUT2D eigenvalue weighted by atomic mass is 32.3. The highest BCUT2D eigenvalue weighted by Crippen LogP contribution is 1.94. The second-order valence-corrected chi connectivity index (χ2v) is 3.01. The summed E-state index contributed by atoms with van der Waals surface area (Å²) in [4.78, 5) is 9.68. The van der Waals surface area contributed by atoms with Gasteiger partial charge in [0, 0.05) is 6.42 Å². The van der Waals surface area contributed by atoms with Crippen molar-refractivity contribution in [2.75, 3.05) is 0 Å². The summed E-state index contributed by atoms with van der Waals surface area (Å²) in [6.07, 6.45) is 5.19. The summed E-state index contributed by atoms with van der Waals surface area (Å²) < 4.78 is 31.6. The van der Waals surface area contributed by atoms with Crippen LogP contribution in [0, 0.1) is 0 Å². The number of aldehydes is 1. The maximum absolute atomic E-state index is 9.68. The molecule has 0 fully saturated rings. The van der Waals surface area contributed by atoms with E-state index in [0.29, 0.717) is 0 Å². The lowest BCUT2D eigenvalue weighted by molar-refractivity contribution is -0.107.